The fourth-order valence-electron chi connectivity index (χ4n) is 4.53. The monoisotopic (exact) mass is 536 g/mol. The fourth-order valence-corrected chi connectivity index (χ4v) is 5.82. The summed E-state index contributed by atoms with van der Waals surface area (Å²) in [5.41, 5.74) is 1.02. The molecule has 0 fully saturated rings. The van der Waals surface area contributed by atoms with E-state index >= 15 is 0 Å². The molecule has 0 aromatic heterocycles. The molecule has 38 heavy (non-hydrogen) atoms. The molecule has 4 nitrogen and oxygen atoms in total. The summed E-state index contributed by atoms with van der Waals surface area (Å²) < 4.78 is 31.4. The van der Waals surface area contributed by atoms with Crippen LogP contribution < -0.4 is 13.6 Å². The molecule has 0 heterocycles. The highest BCUT2D eigenvalue weighted by Crippen LogP contribution is 2.50. The fraction of sp³-hybridized carbons (Fsp3) is 0.455. The number of hydrogen-bond donors (Lipinski definition) is 0. The van der Waals surface area contributed by atoms with Crippen molar-refractivity contribution in [2.45, 2.75) is 96.8 Å². The van der Waals surface area contributed by atoms with Crippen molar-refractivity contribution in [2.24, 2.45) is 0 Å². The molecule has 0 atom stereocenters. The molecule has 0 unspecified atom stereocenters. The van der Waals surface area contributed by atoms with Crippen molar-refractivity contribution in [2.75, 3.05) is 0 Å². The second-order valence-corrected chi connectivity index (χ2v) is 11.4. The van der Waals surface area contributed by atoms with Crippen molar-refractivity contribution < 1.29 is 18.1 Å². The van der Waals surface area contributed by atoms with Crippen molar-refractivity contribution >= 4 is 7.82 Å². The molecule has 0 aliphatic carbocycles. The minimum absolute atomic E-state index is 0.431. The summed E-state index contributed by atoms with van der Waals surface area (Å²) in [6.45, 7) is 2.27. The molecular weight excluding hydrogens is 491 g/mol. The SMILES string of the molecule is CCCCCCCCCCCCCCCc1ccccc1OP(=O)(Oc1ccccc1)Oc1ccccc1. The lowest BCUT2D eigenvalue weighted by molar-refractivity contribution is 0.297. The molecule has 0 saturated heterocycles. The van der Waals surface area contributed by atoms with Gasteiger partial charge < -0.3 is 13.6 Å². The van der Waals surface area contributed by atoms with Crippen LogP contribution in [0.1, 0.15) is 96.0 Å². The lowest BCUT2D eigenvalue weighted by Crippen LogP contribution is -2.08. The van der Waals surface area contributed by atoms with Crippen molar-refractivity contribution in [1.82, 2.24) is 0 Å². The molecule has 3 rings (SSSR count). The van der Waals surface area contributed by atoms with Gasteiger partial charge in [0.2, 0.25) is 0 Å². The first-order chi connectivity index (χ1) is 18.7. The van der Waals surface area contributed by atoms with Crippen LogP contribution in [-0.4, -0.2) is 0 Å². The number of phosphoric acid groups is 1. The quantitative estimate of drug-likeness (QED) is 0.106. The molecule has 3 aromatic rings. The summed E-state index contributed by atoms with van der Waals surface area (Å²) in [5, 5.41) is 0. The lowest BCUT2D eigenvalue weighted by Gasteiger charge is -2.21. The van der Waals surface area contributed by atoms with Gasteiger partial charge in [0, 0.05) is 0 Å². The Bertz CT molecular complexity index is 1010. The highest BCUT2D eigenvalue weighted by atomic mass is 31.2. The van der Waals surface area contributed by atoms with Gasteiger partial charge in [-0.1, -0.05) is 139 Å². The maximum Gasteiger partial charge on any atom is 0.647 e. The first kappa shape index (κ1) is 29.8. The number of hydrogen-bond acceptors (Lipinski definition) is 4. The third kappa shape index (κ3) is 11.8. The van der Waals surface area contributed by atoms with E-state index in [-0.39, 0.29) is 0 Å². The predicted molar refractivity (Wildman–Crippen MR) is 158 cm³/mol. The summed E-state index contributed by atoms with van der Waals surface area (Å²) in [4.78, 5) is 0. The van der Waals surface area contributed by atoms with Gasteiger partial charge in [0.1, 0.15) is 17.2 Å². The van der Waals surface area contributed by atoms with Crippen molar-refractivity contribution in [3.8, 4) is 17.2 Å². The van der Waals surface area contributed by atoms with Gasteiger partial charge in [-0.2, -0.15) is 4.57 Å². The van der Waals surface area contributed by atoms with Gasteiger partial charge in [-0.15, -0.1) is 0 Å². The van der Waals surface area contributed by atoms with E-state index in [0.717, 1.165) is 18.4 Å². The first-order valence-electron chi connectivity index (χ1n) is 14.6. The van der Waals surface area contributed by atoms with E-state index in [1.807, 2.05) is 60.7 Å². The Balaban J connectivity index is 1.45. The van der Waals surface area contributed by atoms with Crippen molar-refractivity contribution in [3.63, 3.8) is 0 Å². The van der Waals surface area contributed by atoms with Gasteiger partial charge in [-0.3, -0.25) is 0 Å². The van der Waals surface area contributed by atoms with Crippen LogP contribution in [0.4, 0.5) is 0 Å². The van der Waals surface area contributed by atoms with E-state index in [1.54, 1.807) is 24.3 Å². The molecule has 0 saturated carbocycles. The second-order valence-electron chi connectivity index (χ2n) is 9.95. The normalized spacial score (nSPS) is 11.3. The van der Waals surface area contributed by atoms with E-state index in [0.29, 0.717) is 17.2 Å². The van der Waals surface area contributed by atoms with Crippen LogP contribution in [0, 0.1) is 0 Å². The average Bonchev–Trinajstić information content (AvgIpc) is 2.93. The smallest absolute Gasteiger partial charge is 0.386 e. The van der Waals surface area contributed by atoms with Crippen molar-refractivity contribution in [1.29, 1.82) is 0 Å². The molecule has 0 aliphatic rings. The first-order valence-corrected chi connectivity index (χ1v) is 16.0. The van der Waals surface area contributed by atoms with Crippen LogP contribution in [0.2, 0.25) is 0 Å². The van der Waals surface area contributed by atoms with Crippen LogP contribution in [-0.2, 0) is 11.0 Å². The number of unbranched alkanes of at least 4 members (excludes halogenated alkanes) is 12. The zero-order valence-electron chi connectivity index (χ0n) is 23.1. The van der Waals surface area contributed by atoms with Crippen LogP contribution in [0.5, 0.6) is 17.2 Å². The molecule has 0 bridgehead atoms. The van der Waals surface area contributed by atoms with E-state index in [9.17, 15) is 4.57 Å². The summed E-state index contributed by atoms with van der Waals surface area (Å²) in [6, 6.07) is 25.8. The van der Waals surface area contributed by atoms with E-state index in [1.165, 1.54) is 77.0 Å². The van der Waals surface area contributed by atoms with Crippen LogP contribution >= 0.6 is 7.82 Å². The Morgan fingerprint density at radius 2 is 0.921 bits per heavy atom. The van der Waals surface area contributed by atoms with Gasteiger partial charge in [-0.25, -0.2) is 0 Å². The molecule has 3 aromatic carbocycles. The minimum atomic E-state index is -3.98. The molecule has 206 valence electrons. The Hall–Kier alpha value is -2.71. The molecule has 0 N–H and O–H groups in total. The standard InChI is InChI=1S/C33H45O4P/c1-2-3-4-5-6-7-8-9-10-11-12-13-16-23-30-24-21-22-29-33(30)37-38(34,35-31-25-17-14-18-26-31)36-32-27-19-15-20-28-32/h14-15,17-22,24-29H,2-13,16,23H2,1H3. The van der Waals surface area contributed by atoms with Crippen LogP contribution in [0.25, 0.3) is 0 Å². The highest BCUT2D eigenvalue weighted by molar-refractivity contribution is 7.49. The molecule has 0 radical (unpaired) electrons. The second kappa shape index (κ2) is 17.7. The Kier molecular flexibility index (Phi) is 13.9. The van der Waals surface area contributed by atoms with Gasteiger partial charge in [0.05, 0.1) is 0 Å². The predicted octanol–water partition coefficient (Wildman–Crippen LogP) is 11.0. The number of para-hydroxylation sites is 3. The van der Waals surface area contributed by atoms with E-state index in [4.69, 9.17) is 13.6 Å². The van der Waals surface area contributed by atoms with Gasteiger partial charge in [0.15, 0.2) is 0 Å². The third-order valence-electron chi connectivity index (χ3n) is 6.65. The lowest BCUT2D eigenvalue weighted by atomic mass is 10.0. The summed E-state index contributed by atoms with van der Waals surface area (Å²) in [7, 11) is -3.98. The van der Waals surface area contributed by atoms with Gasteiger partial charge in [0.25, 0.3) is 0 Å². The molecule has 0 spiro atoms. The zero-order chi connectivity index (χ0) is 26.7. The van der Waals surface area contributed by atoms with Crippen molar-refractivity contribution in [3.05, 3.63) is 90.5 Å². The van der Waals surface area contributed by atoms with Gasteiger partial charge in [-0.05, 0) is 48.7 Å². The Labute approximate surface area is 230 Å². The summed E-state index contributed by atoms with van der Waals surface area (Å²) in [6.07, 6.45) is 18.1. The highest BCUT2D eigenvalue weighted by Gasteiger charge is 2.33. The van der Waals surface area contributed by atoms with E-state index in [2.05, 4.69) is 6.92 Å². The third-order valence-corrected chi connectivity index (χ3v) is 7.94. The summed E-state index contributed by atoms with van der Waals surface area (Å²) in [5.74, 6) is 1.41. The van der Waals surface area contributed by atoms with E-state index < -0.39 is 7.82 Å². The molecule has 0 aliphatic heterocycles. The number of phosphoric ester groups is 1. The summed E-state index contributed by atoms with van der Waals surface area (Å²) >= 11 is 0. The average molecular weight is 537 g/mol. The van der Waals surface area contributed by atoms with Crippen LogP contribution in [0.15, 0.2) is 84.9 Å². The maximum atomic E-state index is 13.8. The van der Waals surface area contributed by atoms with Crippen LogP contribution in [0.3, 0.4) is 0 Å². The Morgan fingerprint density at radius 1 is 0.500 bits per heavy atom. The number of aryl methyl sites for hydroxylation is 1. The topological polar surface area (TPSA) is 44.8 Å². The number of benzene rings is 3. The Morgan fingerprint density at radius 3 is 1.42 bits per heavy atom. The molecule has 0 amide bonds. The maximum absolute atomic E-state index is 13.8. The minimum Gasteiger partial charge on any atom is -0.386 e. The van der Waals surface area contributed by atoms with Gasteiger partial charge >= 0.3 is 7.82 Å². The largest absolute Gasteiger partial charge is 0.647 e. The molecule has 5 heteroatoms. The molecular formula is C33H45O4P. The number of rotatable bonds is 20. The zero-order valence-corrected chi connectivity index (χ0v) is 24.0.